The van der Waals surface area contributed by atoms with Crippen LogP contribution in [-0.4, -0.2) is 18.2 Å². The van der Waals surface area contributed by atoms with E-state index >= 15 is 0 Å². The average Bonchev–Trinajstić information content (AvgIpc) is 2.93. The van der Waals surface area contributed by atoms with Crippen LogP contribution in [0.2, 0.25) is 0 Å². The molecule has 22 heavy (non-hydrogen) atoms. The number of ketones is 1. The van der Waals surface area contributed by atoms with Gasteiger partial charge in [-0.05, 0) is 29.0 Å². The van der Waals surface area contributed by atoms with E-state index in [2.05, 4.69) is 41.8 Å². The van der Waals surface area contributed by atoms with E-state index in [0.29, 0.717) is 6.42 Å². The lowest BCUT2D eigenvalue weighted by Crippen LogP contribution is -2.30. The molecule has 2 unspecified atom stereocenters. The second kappa shape index (κ2) is 6.15. The minimum absolute atomic E-state index is 0.0428. The first kappa shape index (κ1) is 15.1. The maximum atomic E-state index is 11.8. The van der Waals surface area contributed by atoms with E-state index in [1.807, 2.05) is 24.4 Å². The number of hydrogen-bond acceptors (Lipinski definition) is 4. The molecule has 0 aromatic heterocycles. The summed E-state index contributed by atoms with van der Waals surface area (Å²) in [5.74, 6) is 0.206. The Bertz CT molecular complexity index is 604. The van der Waals surface area contributed by atoms with Crippen LogP contribution in [0.15, 0.2) is 47.0 Å². The molecule has 1 aromatic carbocycles. The first-order valence-electron chi connectivity index (χ1n) is 7.84. The van der Waals surface area contributed by atoms with Gasteiger partial charge in [-0.15, -0.1) is 0 Å². The summed E-state index contributed by atoms with van der Waals surface area (Å²) in [5.41, 5.74) is 8.84. The molecule has 1 aliphatic carbocycles. The summed E-state index contributed by atoms with van der Waals surface area (Å²) in [6.07, 6.45) is 6.10. The number of nitrogens with one attached hydrogen (secondary N) is 2. The minimum atomic E-state index is 0.0428. The number of allylic oxidation sites excluding steroid dienone is 2. The van der Waals surface area contributed by atoms with Gasteiger partial charge in [0.25, 0.3) is 0 Å². The first-order valence-corrected chi connectivity index (χ1v) is 7.84. The Hall–Kier alpha value is -1.78. The van der Waals surface area contributed by atoms with Gasteiger partial charge in [-0.1, -0.05) is 44.2 Å². The lowest BCUT2D eigenvalue weighted by Gasteiger charge is -2.27. The van der Waals surface area contributed by atoms with Crippen molar-refractivity contribution in [3.8, 4) is 0 Å². The molecule has 3 rings (SSSR count). The molecule has 0 radical (unpaired) electrons. The molecule has 2 N–H and O–H groups in total. The maximum Gasteiger partial charge on any atom is 0.156 e. The molecule has 2 aliphatic rings. The molecule has 116 valence electrons. The summed E-state index contributed by atoms with van der Waals surface area (Å²) in [6, 6.07) is 10.6. The van der Waals surface area contributed by atoms with Crippen LogP contribution in [-0.2, 0) is 4.79 Å². The second-order valence-electron chi connectivity index (χ2n) is 6.98. The monoisotopic (exact) mass is 297 g/mol. The lowest BCUT2D eigenvalue weighted by molar-refractivity contribution is -0.116. The van der Waals surface area contributed by atoms with E-state index in [1.165, 1.54) is 5.56 Å². The number of nitrogens with zero attached hydrogens (tertiary/aromatic N) is 1. The number of hydrazine groups is 1. The Morgan fingerprint density at radius 3 is 2.68 bits per heavy atom. The smallest absolute Gasteiger partial charge is 0.156 e. The minimum Gasteiger partial charge on any atom is -0.295 e. The summed E-state index contributed by atoms with van der Waals surface area (Å²) in [4.78, 5) is 16.4. The molecule has 1 saturated heterocycles. The fraction of sp³-hybridized carbons (Fsp3) is 0.444. The van der Waals surface area contributed by atoms with Crippen LogP contribution in [0.25, 0.3) is 0 Å². The van der Waals surface area contributed by atoms with Crippen LogP contribution in [0.3, 0.4) is 0 Å². The van der Waals surface area contributed by atoms with Gasteiger partial charge in [-0.3, -0.25) is 9.79 Å². The summed E-state index contributed by atoms with van der Waals surface area (Å²) in [6.45, 7) is 4.26. The van der Waals surface area contributed by atoms with E-state index in [9.17, 15) is 4.79 Å². The zero-order valence-corrected chi connectivity index (χ0v) is 13.2. The van der Waals surface area contributed by atoms with Gasteiger partial charge in [0.05, 0.1) is 0 Å². The van der Waals surface area contributed by atoms with Crippen molar-refractivity contribution in [1.29, 1.82) is 0 Å². The van der Waals surface area contributed by atoms with Gasteiger partial charge in [0.15, 0.2) is 5.78 Å². The van der Waals surface area contributed by atoms with Gasteiger partial charge in [0.1, 0.15) is 6.17 Å². The molecule has 1 heterocycles. The Balaban J connectivity index is 1.62. The van der Waals surface area contributed by atoms with Crippen molar-refractivity contribution in [3.63, 3.8) is 0 Å². The highest BCUT2D eigenvalue weighted by atomic mass is 16.1. The highest BCUT2D eigenvalue weighted by molar-refractivity contribution is 5.98. The average molecular weight is 297 g/mol. The third-order valence-electron chi connectivity index (χ3n) is 4.19. The molecule has 0 saturated carbocycles. The number of benzene rings is 1. The SMILES string of the molecule is CC1(C)CC(=O)C=C(/C=N/C2CC(c3ccccc3)NN2)C1. The molecular formula is C18H23N3O. The van der Waals surface area contributed by atoms with Gasteiger partial charge in [-0.2, -0.15) is 0 Å². The highest BCUT2D eigenvalue weighted by Crippen LogP contribution is 2.33. The molecule has 4 heteroatoms. The van der Waals surface area contributed by atoms with Crippen LogP contribution < -0.4 is 10.9 Å². The van der Waals surface area contributed by atoms with E-state index in [0.717, 1.165) is 18.4 Å². The van der Waals surface area contributed by atoms with Gasteiger partial charge < -0.3 is 0 Å². The fourth-order valence-corrected chi connectivity index (χ4v) is 3.20. The quantitative estimate of drug-likeness (QED) is 0.843. The first-order chi connectivity index (χ1) is 10.5. The van der Waals surface area contributed by atoms with E-state index < -0.39 is 0 Å². The summed E-state index contributed by atoms with van der Waals surface area (Å²) >= 11 is 0. The molecule has 0 amide bonds. The predicted octanol–water partition coefficient (Wildman–Crippen LogP) is 2.94. The Kier molecular flexibility index (Phi) is 4.23. The zero-order valence-electron chi connectivity index (χ0n) is 13.2. The Labute approximate surface area is 131 Å². The Morgan fingerprint density at radius 1 is 1.18 bits per heavy atom. The van der Waals surface area contributed by atoms with Gasteiger partial charge in [0.2, 0.25) is 0 Å². The zero-order chi connectivity index (χ0) is 15.6. The van der Waals surface area contributed by atoms with E-state index in [-0.39, 0.29) is 23.4 Å². The summed E-state index contributed by atoms with van der Waals surface area (Å²) in [7, 11) is 0. The third kappa shape index (κ3) is 3.70. The van der Waals surface area contributed by atoms with Crippen LogP contribution in [0, 0.1) is 5.41 Å². The van der Waals surface area contributed by atoms with Crippen molar-refractivity contribution in [2.24, 2.45) is 10.4 Å². The third-order valence-corrected chi connectivity index (χ3v) is 4.19. The molecule has 1 fully saturated rings. The van der Waals surface area contributed by atoms with Gasteiger partial charge in [0, 0.05) is 25.1 Å². The van der Waals surface area contributed by atoms with E-state index in [1.54, 1.807) is 6.08 Å². The molecule has 1 aromatic rings. The van der Waals surface area contributed by atoms with Crippen molar-refractivity contribution in [3.05, 3.63) is 47.5 Å². The fourth-order valence-electron chi connectivity index (χ4n) is 3.20. The predicted molar refractivity (Wildman–Crippen MR) is 88.5 cm³/mol. The van der Waals surface area contributed by atoms with Crippen LogP contribution in [0.1, 0.15) is 44.7 Å². The molecule has 2 atom stereocenters. The molecule has 0 bridgehead atoms. The van der Waals surface area contributed by atoms with Crippen molar-refractivity contribution in [2.45, 2.75) is 45.3 Å². The Morgan fingerprint density at radius 2 is 1.95 bits per heavy atom. The number of carbonyl (C=O) groups is 1. The molecule has 1 aliphatic heterocycles. The van der Waals surface area contributed by atoms with Crippen molar-refractivity contribution < 1.29 is 4.79 Å². The molecule has 0 spiro atoms. The van der Waals surface area contributed by atoms with E-state index in [4.69, 9.17) is 0 Å². The normalized spacial score (nSPS) is 28.1. The topological polar surface area (TPSA) is 53.5 Å². The number of hydrogen-bond donors (Lipinski definition) is 2. The summed E-state index contributed by atoms with van der Waals surface area (Å²) < 4.78 is 0. The standard InChI is InChI=1S/C18H23N3O/c1-18(2)10-13(8-15(22)11-18)12-19-17-9-16(20-21-17)14-6-4-3-5-7-14/h3-8,12,16-17,20-21H,9-11H2,1-2H3/b19-12+. The highest BCUT2D eigenvalue weighted by Gasteiger charge is 2.27. The lowest BCUT2D eigenvalue weighted by atomic mass is 9.77. The van der Waals surface area contributed by atoms with Crippen molar-refractivity contribution >= 4 is 12.0 Å². The van der Waals surface area contributed by atoms with Crippen LogP contribution in [0.5, 0.6) is 0 Å². The van der Waals surface area contributed by atoms with Crippen molar-refractivity contribution in [1.82, 2.24) is 10.9 Å². The number of rotatable bonds is 3. The number of carbonyl (C=O) groups excluding carboxylic acids is 1. The van der Waals surface area contributed by atoms with Crippen molar-refractivity contribution in [2.75, 3.05) is 0 Å². The second-order valence-corrected chi connectivity index (χ2v) is 6.98. The largest absolute Gasteiger partial charge is 0.295 e. The maximum absolute atomic E-state index is 11.8. The van der Waals surface area contributed by atoms with Gasteiger partial charge >= 0.3 is 0 Å². The van der Waals surface area contributed by atoms with Crippen LogP contribution >= 0.6 is 0 Å². The summed E-state index contributed by atoms with van der Waals surface area (Å²) in [5, 5.41) is 0. The number of aliphatic imine (C=N–C) groups is 1. The molecule has 4 nitrogen and oxygen atoms in total. The van der Waals surface area contributed by atoms with Gasteiger partial charge in [-0.25, -0.2) is 10.9 Å². The van der Waals surface area contributed by atoms with Crippen LogP contribution in [0.4, 0.5) is 0 Å². The molecular weight excluding hydrogens is 274 g/mol.